The molecule has 2 N–H and O–H groups in total. The van der Waals surface area contributed by atoms with E-state index in [1.54, 1.807) is 22.9 Å². The Kier molecular flexibility index (Phi) is 6.08. The second kappa shape index (κ2) is 7.89. The molecular formula is C18H23ClN2O4. The predicted octanol–water partition coefficient (Wildman–Crippen LogP) is 3.07. The van der Waals surface area contributed by atoms with Crippen LogP contribution in [0, 0.1) is 0 Å². The first-order valence-corrected chi connectivity index (χ1v) is 8.44. The number of aliphatic carboxylic acids is 1. The van der Waals surface area contributed by atoms with E-state index in [1.165, 1.54) is 0 Å². The predicted molar refractivity (Wildman–Crippen MR) is 96.8 cm³/mol. The van der Waals surface area contributed by atoms with Gasteiger partial charge in [0.2, 0.25) is 5.91 Å². The fraction of sp³-hybridized carbons (Fsp3) is 0.444. The first-order chi connectivity index (χ1) is 11.7. The third-order valence-electron chi connectivity index (χ3n) is 3.62. The molecule has 1 amide bonds. The van der Waals surface area contributed by atoms with E-state index in [0.29, 0.717) is 5.02 Å². The summed E-state index contributed by atoms with van der Waals surface area (Å²) in [5, 5.41) is 13.4. The molecule has 0 aliphatic heterocycles. The number of rotatable bonds is 7. The summed E-state index contributed by atoms with van der Waals surface area (Å²) in [5.41, 5.74) is 0.474. The number of amides is 1. The first-order valence-electron chi connectivity index (χ1n) is 8.06. The van der Waals surface area contributed by atoms with Crippen molar-refractivity contribution in [3.63, 3.8) is 0 Å². The van der Waals surface area contributed by atoms with Crippen molar-refractivity contribution in [1.82, 2.24) is 9.88 Å². The van der Waals surface area contributed by atoms with Crippen molar-refractivity contribution in [1.29, 1.82) is 0 Å². The smallest absolute Gasteiger partial charge is 0.326 e. The minimum Gasteiger partial charge on any atom is -0.480 e. The molecule has 2 aromatic rings. The molecule has 1 aromatic carbocycles. The summed E-state index contributed by atoms with van der Waals surface area (Å²) >= 11 is 6.00. The third kappa shape index (κ3) is 5.76. The Hall–Kier alpha value is -2.05. The first kappa shape index (κ1) is 19.3. The monoisotopic (exact) mass is 366 g/mol. The third-order valence-corrected chi connectivity index (χ3v) is 3.86. The molecule has 0 radical (unpaired) electrons. The number of hydrogen-bond acceptors (Lipinski definition) is 3. The van der Waals surface area contributed by atoms with E-state index in [9.17, 15) is 14.7 Å². The molecule has 0 aliphatic carbocycles. The number of hydrogen-bond donors (Lipinski definition) is 2. The number of benzene rings is 1. The molecule has 0 saturated heterocycles. The van der Waals surface area contributed by atoms with Crippen LogP contribution in [0.2, 0.25) is 5.02 Å². The zero-order valence-electron chi connectivity index (χ0n) is 14.6. The number of halogens is 1. The van der Waals surface area contributed by atoms with Gasteiger partial charge in [-0.15, -0.1) is 0 Å². The normalized spacial score (nSPS) is 13.0. The molecule has 25 heavy (non-hydrogen) atoms. The maximum Gasteiger partial charge on any atom is 0.326 e. The van der Waals surface area contributed by atoms with E-state index < -0.39 is 12.0 Å². The average molecular weight is 367 g/mol. The molecule has 0 spiro atoms. The minimum absolute atomic E-state index is 0.0216. The second-order valence-corrected chi connectivity index (χ2v) is 7.29. The molecule has 2 rings (SSSR count). The highest BCUT2D eigenvalue weighted by Gasteiger charge is 2.21. The largest absolute Gasteiger partial charge is 0.480 e. The lowest BCUT2D eigenvalue weighted by molar-refractivity contribution is -0.142. The fourth-order valence-corrected chi connectivity index (χ4v) is 2.60. The van der Waals surface area contributed by atoms with Gasteiger partial charge in [0, 0.05) is 29.8 Å². The zero-order valence-corrected chi connectivity index (χ0v) is 15.3. The van der Waals surface area contributed by atoms with Crippen LogP contribution in [0.4, 0.5) is 0 Å². The summed E-state index contributed by atoms with van der Waals surface area (Å²) < 4.78 is 7.27. The lowest BCUT2D eigenvalue weighted by atomic mass is 10.1. The molecule has 136 valence electrons. The van der Waals surface area contributed by atoms with Crippen LogP contribution in [0.5, 0.6) is 0 Å². The molecular weight excluding hydrogens is 344 g/mol. The van der Waals surface area contributed by atoms with E-state index in [1.807, 2.05) is 32.9 Å². The quantitative estimate of drug-likeness (QED) is 0.789. The Morgan fingerprint density at radius 1 is 1.32 bits per heavy atom. The zero-order chi connectivity index (χ0) is 18.6. The van der Waals surface area contributed by atoms with Crippen LogP contribution in [-0.2, 0) is 20.9 Å². The van der Waals surface area contributed by atoms with E-state index in [4.69, 9.17) is 16.3 Å². The molecule has 1 atom stereocenters. The second-order valence-electron chi connectivity index (χ2n) is 6.85. The molecule has 0 aliphatic rings. The lowest BCUT2D eigenvalue weighted by Crippen LogP contribution is -2.43. The van der Waals surface area contributed by atoms with Gasteiger partial charge in [-0.05, 0) is 44.4 Å². The SMILES string of the molecule is CC(C)(C)OCCC(NC(=O)Cn1ccc2ccc(Cl)cc21)C(=O)O. The van der Waals surface area contributed by atoms with Crippen LogP contribution in [0.25, 0.3) is 10.9 Å². The van der Waals surface area contributed by atoms with Gasteiger partial charge in [0.15, 0.2) is 0 Å². The van der Waals surface area contributed by atoms with Crippen LogP contribution in [0.3, 0.4) is 0 Å². The van der Waals surface area contributed by atoms with E-state index in [-0.39, 0.29) is 31.1 Å². The number of nitrogens with one attached hydrogen (secondary N) is 1. The van der Waals surface area contributed by atoms with Crippen LogP contribution in [-0.4, -0.2) is 39.8 Å². The number of aromatic nitrogens is 1. The van der Waals surface area contributed by atoms with Gasteiger partial charge in [0.05, 0.1) is 5.60 Å². The molecule has 0 saturated carbocycles. The van der Waals surface area contributed by atoms with Gasteiger partial charge in [0.25, 0.3) is 0 Å². The standard InChI is InChI=1S/C18H23ClN2O4/c1-18(2,3)25-9-7-14(17(23)24)20-16(22)11-21-8-6-12-4-5-13(19)10-15(12)21/h4-6,8,10,14H,7,9,11H2,1-3H3,(H,20,22)(H,23,24). The Morgan fingerprint density at radius 2 is 2.04 bits per heavy atom. The van der Waals surface area contributed by atoms with Gasteiger partial charge in [-0.25, -0.2) is 4.79 Å². The topological polar surface area (TPSA) is 80.6 Å². The molecule has 0 fully saturated rings. The number of carbonyl (C=O) groups is 2. The van der Waals surface area contributed by atoms with Crippen molar-refractivity contribution in [3.8, 4) is 0 Å². The Labute approximate surface area is 151 Å². The van der Waals surface area contributed by atoms with Crippen LogP contribution < -0.4 is 5.32 Å². The summed E-state index contributed by atoms with van der Waals surface area (Å²) in [5.74, 6) is -1.45. The molecule has 1 aromatic heterocycles. The van der Waals surface area contributed by atoms with Gasteiger partial charge in [0.1, 0.15) is 12.6 Å². The Bertz CT molecular complexity index is 764. The summed E-state index contributed by atoms with van der Waals surface area (Å²) in [6.45, 7) is 5.95. The number of carboxylic acids is 1. The maximum absolute atomic E-state index is 12.2. The highest BCUT2D eigenvalue weighted by molar-refractivity contribution is 6.31. The van der Waals surface area contributed by atoms with Crippen molar-refractivity contribution >= 4 is 34.4 Å². The maximum atomic E-state index is 12.2. The van der Waals surface area contributed by atoms with Gasteiger partial charge >= 0.3 is 5.97 Å². The number of nitrogens with zero attached hydrogens (tertiary/aromatic N) is 1. The number of fused-ring (bicyclic) bond motifs is 1. The van der Waals surface area contributed by atoms with Crippen molar-refractivity contribution in [2.24, 2.45) is 0 Å². The van der Waals surface area contributed by atoms with Crippen LogP contribution in [0.15, 0.2) is 30.5 Å². The number of ether oxygens (including phenoxy) is 1. The fourth-order valence-electron chi connectivity index (χ4n) is 2.43. The summed E-state index contributed by atoms with van der Waals surface area (Å²) in [7, 11) is 0. The van der Waals surface area contributed by atoms with Gasteiger partial charge in [-0.1, -0.05) is 17.7 Å². The Morgan fingerprint density at radius 3 is 2.68 bits per heavy atom. The summed E-state index contributed by atoms with van der Waals surface area (Å²) in [6, 6.07) is 6.32. The van der Waals surface area contributed by atoms with Gasteiger partial charge in [-0.2, -0.15) is 0 Å². The average Bonchev–Trinajstić information content (AvgIpc) is 2.87. The highest BCUT2D eigenvalue weighted by atomic mass is 35.5. The van der Waals surface area contributed by atoms with E-state index in [0.717, 1.165) is 10.9 Å². The molecule has 1 heterocycles. The van der Waals surface area contributed by atoms with E-state index in [2.05, 4.69) is 5.32 Å². The van der Waals surface area contributed by atoms with Crippen molar-refractivity contribution in [2.45, 2.75) is 45.4 Å². The number of carbonyl (C=O) groups excluding carboxylic acids is 1. The van der Waals surface area contributed by atoms with Crippen LogP contribution >= 0.6 is 11.6 Å². The highest BCUT2D eigenvalue weighted by Crippen LogP contribution is 2.20. The van der Waals surface area contributed by atoms with Crippen molar-refractivity contribution in [3.05, 3.63) is 35.5 Å². The van der Waals surface area contributed by atoms with Gasteiger partial charge in [-0.3, -0.25) is 4.79 Å². The molecule has 1 unspecified atom stereocenters. The molecule has 0 bridgehead atoms. The van der Waals surface area contributed by atoms with Crippen molar-refractivity contribution < 1.29 is 19.4 Å². The Balaban J connectivity index is 1.98. The molecule has 7 heteroatoms. The van der Waals surface area contributed by atoms with E-state index >= 15 is 0 Å². The van der Waals surface area contributed by atoms with Crippen molar-refractivity contribution in [2.75, 3.05) is 6.61 Å². The lowest BCUT2D eigenvalue weighted by Gasteiger charge is -2.21. The molecule has 6 nitrogen and oxygen atoms in total. The van der Waals surface area contributed by atoms with Crippen LogP contribution in [0.1, 0.15) is 27.2 Å². The minimum atomic E-state index is -1.08. The summed E-state index contributed by atoms with van der Waals surface area (Å²) in [4.78, 5) is 23.6. The number of carboxylic acid groups (broad SMARTS) is 1. The summed E-state index contributed by atoms with van der Waals surface area (Å²) in [6.07, 6.45) is 1.98. The van der Waals surface area contributed by atoms with Gasteiger partial charge < -0.3 is 19.7 Å².